The first-order valence-corrected chi connectivity index (χ1v) is 9.94. The van der Waals surface area contributed by atoms with Crippen LogP contribution in [0.1, 0.15) is 5.56 Å². The van der Waals surface area contributed by atoms with Crippen LogP contribution in [0.4, 0.5) is 5.69 Å². The highest BCUT2D eigenvalue weighted by atomic mass is 32.2. The van der Waals surface area contributed by atoms with Gasteiger partial charge in [0, 0.05) is 39.7 Å². The monoisotopic (exact) mass is 372 g/mol. The quantitative estimate of drug-likeness (QED) is 0.338. The van der Waals surface area contributed by atoms with Gasteiger partial charge >= 0.3 is 0 Å². The summed E-state index contributed by atoms with van der Waals surface area (Å²) in [6.45, 7) is 0.273. The predicted molar refractivity (Wildman–Crippen MR) is 103 cm³/mol. The summed E-state index contributed by atoms with van der Waals surface area (Å²) in [6, 6.07) is 11.0. The van der Waals surface area contributed by atoms with Gasteiger partial charge in [-0.2, -0.15) is 0 Å². The van der Waals surface area contributed by atoms with Gasteiger partial charge in [-0.1, -0.05) is 12.1 Å². The number of nitrogens with zero attached hydrogens (tertiary/aromatic N) is 2. The highest BCUT2D eigenvalue weighted by molar-refractivity contribution is 7.99. The fourth-order valence-corrected chi connectivity index (χ4v) is 4.11. The van der Waals surface area contributed by atoms with Crippen LogP contribution in [-0.2, 0) is 6.61 Å². The normalized spacial score (nSPS) is 10.8. The first kappa shape index (κ1) is 17.6. The topological polar surface area (TPSA) is 65.3 Å². The molecule has 0 saturated heterocycles. The Kier molecular flexibility index (Phi) is 5.45. The minimum atomic E-state index is -0.344. The van der Waals surface area contributed by atoms with Crippen LogP contribution in [0.2, 0.25) is 0 Å². The van der Waals surface area contributed by atoms with Crippen LogP contribution in [0.3, 0.4) is 0 Å². The lowest BCUT2D eigenvalue weighted by molar-refractivity contribution is -0.387. The molecule has 0 aliphatic carbocycles. The lowest BCUT2D eigenvalue weighted by Crippen LogP contribution is -2.03. The Hall–Kier alpha value is -2.25. The van der Waals surface area contributed by atoms with Crippen molar-refractivity contribution in [1.82, 2.24) is 4.98 Å². The van der Waals surface area contributed by atoms with E-state index >= 15 is 0 Å². The van der Waals surface area contributed by atoms with Gasteiger partial charge in [0.1, 0.15) is 12.4 Å². The zero-order valence-electron chi connectivity index (χ0n) is 13.8. The van der Waals surface area contributed by atoms with Crippen LogP contribution in [0.25, 0.3) is 10.8 Å². The molecule has 7 heteroatoms. The van der Waals surface area contributed by atoms with Crippen molar-refractivity contribution in [2.45, 2.75) is 16.4 Å². The van der Waals surface area contributed by atoms with E-state index in [1.54, 1.807) is 36.3 Å². The van der Waals surface area contributed by atoms with E-state index in [0.29, 0.717) is 4.90 Å². The van der Waals surface area contributed by atoms with Gasteiger partial charge in [-0.3, -0.25) is 15.1 Å². The summed E-state index contributed by atoms with van der Waals surface area (Å²) in [6.07, 6.45) is 7.32. The Labute approximate surface area is 153 Å². The number of rotatable bonds is 6. The van der Waals surface area contributed by atoms with Crippen LogP contribution in [0.15, 0.2) is 58.6 Å². The third-order valence-electron chi connectivity index (χ3n) is 3.83. The van der Waals surface area contributed by atoms with E-state index in [4.69, 9.17) is 4.74 Å². The Morgan fingerprint density at radius 3 is 2.72 bits per heavy atom. The number of benzene rings is 2. The van der Waals surface area contributed by atoms with Gasteiger partial charge in [0.05, 0.1) is 9.82 Å². The number of hydrogen-bond acceptors (Lipinski definition) is 6. The van der Waals surface area contributed by atoms with Gasteiger partial charge in [0.25, 0.3) is 5.69 Å². The molecule has 5 nitrogen and oxygen atoms in total. The highest BCUT2D eigenvalue weighted by Gasteiger charge is 2.20. The van der Waals surface area contributed by atoms with Gasteiger partial charge in [-0.25, -0.2) is 0 Å². The Morgan fingerprint density at radius 1 is 1.16 bits per heavy atom. The third-order valence-corrected chi connectivity index (χ3v) is 5.52. The number of thioether (sulfide) groups is 2. The molecule has 3 aromatic rings. The van der Waals surface area contributed by atoms with Crippen LogP contribution in [0.5, 0.6) is 5.75 Å². The summed E-state index contributed by atoms with van der Waals surface area (Å²) in [4.78, 5) is 16.7. The van der Waals surface area contributed by atoms with E-state index in [2.05, 4.69) is 4.98 Å². The smallest absolute Gasteiger partial charge is 0.283 e. The molecule has 128 valence electrons. The fraction of sp³-hybridized carbons (Fsp3) is 0.167. The van der Waals surface area contributed by atoms with E-state index in [1.165, 1.54) is 11.8 Å². The zero-order valence-corrected chi connectivity index (χ0v) is 15.4. The second-order valence-corrected chi connectivity index (χ2v) is 6.86. The molecule has 0 saturated carbocycles. The van der Waals surface area contributed by atoms with Crippen molar-refractivity contribution in [3.63, 3.8) is 0 Å². The van der Waals surface area contributed by atoms with Gasteiger partial charge in [-0.15, -0.1) is 23.5 Å². The molecule has 0 radical (unpaired) electrons. The van der Waals surface area contributed by atoms with Crippen molar-refractivity contribution >= 4 is 40.0 Å². The predicted octanol–water partition coefficient (Wildman–Crippen LogP) is 5.17. The largest absolute Gasteiger partial charge is 0.488 e. The van der Waals surface area contributed by atoms with Gasteiger partial charge in [-0.05, 0) is 30.7 Å². The number of ether oxygens (including phenoxy) is 1. The van der Waals surface area contributed by atoms with Crippen LogP contribution in [-0.4, -0.2) is 22.4 Å². The van der Waals surface area contributed by atoms with Crippen molar-refractivity contribution in [2.75, 3.05) is 12.5 Å². The Bertz CT molecular complexity index is 926. The minimum Gasteiger partial charge on any atom is -0.488 e. The van der Waals surface area contributed by atoms with E-state index in [1.807, 2.05) is 36.8 Å². The molecule has 0 unspecified atom stereocenters. The maximum absolute atomic E-state index is 11.3. The summed E-state index contributed by atoms with van der Waals surface area (Å²) in [5.74, 6) is 0.741. The first-order valence-electron chi connectivity index (χ1n) is 7.49. The maximum atomic E-state index is 11.3. The van der Waals surface area contributed by atoms with Crippen LogP contribution in [0, 0.1) is 10.1 Å². The molecule has 0 spiro atoms. The molecule has 2 aromatic carbocycles. The van der Waals surface area contributed by atoms with Crippen LogP contribution >= 0.6 is 23.5 Å². The summed E-state index contributed by atoms with van der Waals surface area (Å²) in [7, 11) is 0. The lowest BCUT2D eigenvalue weighted by atomic mass is 10.1. The highest BCUT2D eigenvalue weighted by Crippen LogP contribution is 2.37. The number of pyridine rings is 1. The fourth-order valence-electron chi connectivity index (χ4n) is 2.67. The molecule has 0 bridgehead atoms. The van der Waals surface area contributed by atoms with Crippen molar-refractivity contribution in [3.8, 4) is 5.75 Å². The molecule has 0 fully saturated rings. The molecule has 0 atom stereocenters. The average molecular weight is 372 g/mol. The van der Waals surface area contributed by atoms with Gasteiger partial charge in [0.15, 0.2) is 0 Å². The molecule has 1 aromatic heterocycles. The molecular weight excluding hydrogens is 356 g/mol. The van der Waals surface area contributed by atoms with Crippen molar-refractivity contribution in [1.29, 1.82) is 0 Å². The van der Waals surface area contributed by atoms with Gasteiger partial charge < -0.3 is 4.74 Å². The summed E-state index contributed by atoms with van der Waals surface area (Å²) in [5.41, 5.74) is 0.964. The van der Waals surface area contributed by atoms with E-state index in [0.717, 1.165) is 27.0 Å². The molecule has 3 rings (SSSR count). The van der Waals surface area contributed by atoms with Crippen molar-refractivity contribution < 1.29 is 9.66 Å². The lowest BCUT2D eigenvalue weighted by Gasteiger charge is -2.14. The molecule has 25 heavy (non-hydrogen) atoms. The van der Waals surface area contributed by atoms with E-state index in [-0.39, 0.29) is 17.2 Å². The standard InChI is InChI=1S/C18H16N2O3S2/c1-24-17-7-6-15(20(21)22)18(25-2)14(17)11-23-16-5-3-4-12-10-19-9-8-13(12)16/h3-10H,11H2,1-2H3. The van der Waals surface area contributed by atoms with Crippen molar-refractivity contribution in [2.24, 2.45) is 0 Å². The Balaban J connectivity index is 1.99. The zero-order chi connectivity index (χ0) is 17.8. The second kappa shape index (κ2) is 7.76. The maximum Gasteiger partial charge on any atom is 0.283 e. The molecule has 0 N–H and O–H groups in total. The van der Waals surface area contributed by atoms with E-state index in [9.17, 15) is 10.1 Å². The minimum absolute atomic E-state index is 0.117. The van der Waals surface area contributed by atoms with Crippen LogP contribution < -0.4 is 4.74 Å². The molecular formula is C18H16N2O3S2. The average Bonchev–Trinajstić information content (AvgIpc) is 2.65. The molecule has 0 aliphatic heterocycles. The van der Waals surface area contributed by atoms with Gasteiger partial charge in [0.2, 0.25) is 0 Å². The first-order chi connectivity index (χ1) is 12.2. The summed E-state index contributed by atoms with van der Waals surface area (Å²) < 4.78 is 6.05. The Morgan fingerprint density at radius 2 is 2.00 bits per heavy atom. The van der Waals surface area contributed by atoms with Crippen molar-refractivity contribution in [3.05, 3.63) is 64.5 Å². The number of nitro groups is 1. The molecule has 1 heterocycles. The van der Waals surface area contributed by atoms with E-state index < -0.39 is 0 Å². The number of hydrogen-bond donors (Lipinski definition) is 0. The molecule has 0 aliphatic rings. The number of aromatic nitrogens is 1. The summed E-state index contributed by atoms with van der Waals surface area (Å²) >= 11 is 2.93. The SMILES string of the molecule is CSc1ccc([N+](=O)[O-])c(SC)c1COc1cccc2cnccc12. The molecule has 0 amide bonds. The summed E-state index contributed by atoms with van der Waals surface area (Å²) in [5, 5.41) is 13.3. The third kappa shape index (κ3) is 3.57. The number of nitro benzene ring substituents is 1. The number of fused-ring (bicyclic) bond motifs is 1. The second-order valence-electron chi connectivity index (χ2n) is 5.20.